The Hall–Kier alpha value is -2.49. The predicted octanol–water partition coefficient (Wildman–Crippen LogP) is 3.65. The summed E-state index contributed by atoms with van der Waals surface area (Å²) >= 11 is 0. The second kappa shape index (κ2) is 6.31. The van der Waals surface area contributed by atoms with Crippen LogP contribution in [0.1, 0.15) is 35.7 Å². The zero-order valence-corrected chi connectivity index (χ0v) is 12.5. The smallest absolute Gasteiger partial charge is 0.257 e. The molecule has 0 unspecified atom stereocenters. The van der Waals surface area contributed by atoms with E-state index in [9.17, 15) is 4.79 Å². The molecule has 21 heavy (non-hydrogen) atoms. The highest BCUT2D eigenvalue weighted by Crippen LogP contribution is 2.22. The number of ether oxygens (including phenoxy) is 1. The number of nitrogen functional groups attached to an aromatic ring is 1. The average Bonchev–Trinajstić information content (AvgIpc) is 2.48. The second-order valence-electron chi connectivity index (χ2n) is 5.19. The van der Waals surface area contributed by atoms with Gasteiger partial charge in [-0.3, -0.25) is 4.79 Å². The van der Waals surface area contributed by atoms with Crippen molar-refractivity contribution >= 4 is 17.3 Å². The van der Waals surface area contributed by atoms with E-state index in [-0.39, 0.29) is 5.91 Å². The van der Waals surface area contributed by atoms with Gasteiger partial charge >= 0.3 is 0 Å². The number of nitrogens with two attached hydrogens (primary N) is 1. The fraction of sp³-hybridized carbons (Fsp3) is 0.235. The number of carbonyl (C=O) groups is 1. The lowest BCUT2D eigenvalue weighted by Gasteiger charge is -2.11. The van der Waals surface area contributed by atoms with E-state index in [0.717, 1.165) is 5.69 Å². The molecular formula is C17H20N2O2. The van der Waals surface area contributed by atoms with Gasteiger partial charge in [-0.05, 0) is 41.8 Å². The number of amides is 1. The Morgan fingerprint density at radius 2 is 1.95 bits per heavy atom. The van der Waals surface area contributed by atoms with Gasteiger partial charge in [-0.1, -0.05) is 26.0 Å². The molecule has 0 heterocycles. The van der Waals surface area contributed by atoms with Gasteiger partial charge in [0, 0.05) is 11.4 Å². The molecule has 0 radical (unpaired) electrons. The summed E-state index contributed by atoms with van der Waals surface area (Å²) in [7, 11) is 1.55. The van der Waals surface area contributed by atoms with Crippen LogP contribution in [-0.2, 0) is 0 Å². The zero-order chi connectivity index (χ0) is 15.4. The highest BCUT2D eigenvalue weighted by atomic mass is 16.5. The van der Waals surface area contributed by atoms with Crippen molar-refractivity contribution in [1.29, 1.82) is 0 Å². The molecule has 0 bridgehead atoms. The minimum absolute atomic E-state index is 0.243. The van der Waals surface area contributed by atoms with E-state index in [1.54, 1.807) is 25.3 Å². The molecule has 2 aromatic carbocycles. The summed E-state index contributed by atoms with van der Waals surface area (Å²) in [6.45, 7) is 4.22. The molecule has 0 spiro atoms. The normalized spacial score (nSPS) is 10.5. The molecule has 0 aliphatic heterocycles. The standard InChI is InChI=1S/C17H20N2O2/c1-11(2)12-5-4-6-13(9-12)19-17(20)15-10-14(21-3)7-8-16(15)18/h4-11H,18H2,1-3H3,(H,19,20). The van der Waals surface area contributed by atoms with Crippen LogP contribution in [0.5, 0.6) is 5.75 Å². The molecule has 0 aromatic heterocycles. The summed E-state index contributed by atoms with van der Waals surface area (Å²) in [5.41, 5.74) is 8.62. The van der Waals surface area contributed by atoms with E-state index in [1.807, 2.05) is 24.3 Å². The number of hydrogen-bond donors (Lipinski definition) is 2. The highest BCUT2D eigenvalue weighted by molar-refractivity contribution is 6.08. The van der Waals surface area contributed by atoms with Crippen LogP contribution >= 0.6 is 0 Å². The van der Waals surface area contributed by atoms with Crippen molar-refractivity contribution in [3.8, 4) is 5.75 Å². The van der Waals surface area contributed by atoms with E-state index in [2.05, 4.69) is 19.2 Å². The number of rotatable bonds is 4. The number of methoxy groups -OCH3 is 1. The molecule has 0 aliphatic carbocycles. The quantitative estimate of drug-likeness (QED) is 0.842. The molecule has 0 saturated heterocycles. The van der Waals surface area contributed by atoms with E-state index >= 15 is 0 Å². The fourth-order valence-corrected chi connectivity index (χ4v) is 2.03. The summed E-state index contributed by atoms with van der Waals surface area (Å²) in [6.07, 6.45) is 0. The number of hydrogen-bond acceptors (Lipinski definition) is 3. The van der Waals surface area contributed by atoms with Gasteiger partial charge in [-0.2, -0.15) is 0 Å². The molecule has 2 aromatic rings. The van der Waals surface area contributed by atoms with Crippen molar-refractivity contribution in [3.63, 3.8) is 0 Å². The lowest BCUT2D eigenvalue weighted by Crippen LogP contribution is -2.14. The number of carbonyl (C=O) groups excluding carboxylic acids is 1. The summed E-state index contributed by atoms with van der Waals surface area (Å²) < 4.78 is 5.13. The van der Waals surface area contributed by atoms with Crippen molar-refractivity contribution in [2.45, 2.75) is 19.8 Å². The van der Waals surface area contributed by atoms with E-state index < -0.39 is 0 Å². The third kappa shape index (κ3) is 3.54. The first-order chi connectivity index (χ1) is 10.0. The molecule has 4 heteroatoms. The minimum Gasteiger partial charge on any atom is -0.497 e. The highest BCUT2D eigenvalue weighted by Gasteiger charge is 2.12. The van der Waals surface area contributed by atoms with Crippen molar-refractivity contribution < 1.29 is 9.53 Å². The summed E-state index contributed by atoms with van der Waals surface area (Å²) in [5, 5.41) is 2.87. The van der Waals surface area contributed by atoms with E-state index in [4.69, 9.17) is 10.5 Å². The van der Waals surface area contributed by atoms with Gasteiger partial charge in [-0.15, -0.1) is 0 Å². The largest absolute Gasteiger partial charge is 0.497 e. The Morgan fingerprint density at radius 1 is 1.19 bits per heavy atom. The topological polar surface area (TPSA) is 64.3 Å². The van der Waals surface area contributed by atoms with E-state index in [1.165, 1.54) is 5.56 Å². The first-order valence-corrected chi connectivity index (χ1v) is 6.86. The molecule has 0 saturated carbocycles. The van der Waals surface area contributed by atoms with Crippen LogP contribution in [0.25, 0.3) is 0 Å². The summed E-state index contributed by atoms with van der Waals surface area (Å²) in [4.78, 5) is 12.3. The predicted molar refractivity (Wildman–Crippen MR) is 85.9 cm³/mol. The van der Waals surface area contributed by atoms with Gasteiger partial charge in [0.15, 0.2) is 0 Å². The van der Waals surface area contributed by atoms with Crippen LogP contribution in [-0.4, -0.2) is 13.0 Å². The third-order valence-electron chi connectivity index (χ3n) is 3.32. The maximum absolute atomic E-state index is 12.3. The van der Waals surface area contributed by atoms with Gasteiger partial charge in [0.05, 0.1) is 12.7 Å². The van der Waals surface area contributed by atoms with Crippen LogP contribution in [0.3, 0.4) is 0 Å². The first-order valence-electron chi connectivity index (χ1n) is 6.86. The van der Waals surface area contributed by atoms with Gasteiger partial charge in [0.1, 0.15) is 5.75 Å². The maximum Gasteiger partial charge on any atom is 0.257 e. The van der Waals surface area contributed by atoms with Gasteiger partial charge in [-0.25, -0.2) is 0 Å². The first kappa shape index (κ1) is 14.9. The van der Waals surface area contributed by atoms with E-state index in [0.29, 0.717) is 22.9 Å². The number of benzene rings is 2. The van der Waals surface area contributed by atoms with Crippen molar-refractivity contribution in [2.24, 2.45) is 0 Å². The Morgan fingerprint density at radius 3 is 2.62 bits per heavy atom. The Labute approximate surface area is 124 Å². The third-order valence-corrected chi connectivity index (χ3v) is 3.32. The molecule has 110 valence electrons. The molecule has 0 aliphatic rings. The molecular weight excluding hydrogens is 264 g/mol. The van der Waals surface area contributed by atoms with Gasteiger partial charge in [0.25, 0.3) is 5.91 Å². The SMILES string of the molecule is COc1ccc(N)c(C(=O)Nc2cccc(C(C)C)c2)c1. The molecule has 2 rings (SSSR count). The molecule has 0 fully saturated rings. The number of anilines is 2. The Balaban J connectivity index is 2.24. The Bertz CT molecular complexity index is 651. The summed E-state index contributed by atoms with van der Waals surface area (Å²) in [5.74, 6) is 0.765. The molecule has 0 atom stereocenters. The molecule has 1 amide bonds. The van der Waals surface area contributed by atoms with Crippen molar-refractivity contribution in [2.75, 3.05) is 18.2 Å². The molecule has 3 N–H and O–H groups in total. The molecule has 4 nitrogen and oxygen atoms in total. The van der Waals surface area contributed by atoms with Crippen LogP contribution < -0.4 is 15.8 Å². The van der Waals surface area contributed by atoms with Crippen LogP contribution in [0.4, 0.5) is 11.4 Å². The van der Waals surface area contributed by atoms with Crippen LogP contribution in [0.2, 0.25) is 0 Å². The van der Waals surface area contributed by atoms with Crippen molar-refractivity contribution in [3.05, 3.63) is 53.6 Å². The summed E-state index contributed by atoms with van der Waals surface area (Å²) in [6, 6.07) is 12.8. The average molecular weight is 284 g/mol. The van der Waals surface area contributed by atoms with Crippen molar-refractivity contribution in [1.82, 2.24) is 0 Å². The zero-order valence-electron chi connectivity index (χ0n) is 12.5. The van der Waals surface area contributed by atoms with Gasteiger partial charge in [0.2, 0.25) is 0 Å². The minimum atomic E-state index is -0.243. The maximum atomic E-state index is 12.3. The lowest BCUT2D eigenvalue weighted by atomic mass is 10.0. The van der Waals surface area contributed by atoms with Gasteiger partial charge < -0.3 is 15.8 Å². The lowest BCUT2D eigenvalue weighted by molar-refractivity contribution is 0.102. The fourth-order valence-electron chi connectivity index (χ4n) is 2.03. The monoisotopic (exact) mass is 284 g/mol. The van der Waals surface area contributed by atoms with Crippen LogP contribution in [0, 0.1) is 0 Å². The van der Waals surface area contributed by atoms with Crippen LogP contribution in [0.15, 0.2) is 42.5 Å². The number of nitrogens with one attached hydrogen (secondary N) is 1. The Kier molecular flexibility index (Phi) is 4.48. The second-order valence-corrected chi connectivity index (χ2v) is 5.19.